The van der Waals surface area contributed by atoms with E-state index in [-0.39, 0.29) is 5.92 Å². The Morgan fingerprint density at radius 3 is 2.73 bits per heavy atom. The average Bonchev–Trinajstić information content (AvgIpc) is 2.21. The Morgan fingerprint density at radius 1 is 1.60 bits per heavy atom. The normalized spacial score (nSPS) is 14.5. The minimum absolute atomic E-state index is 0.0997. The van der Waals surface area contributed by atoms with Crippen LogP contribution in [0, 0.1) is 5.92 Å². The highest BCUT2D eigenvalue weighted by atomic mass is 16.5. The molecule has 0 aliphatic rings. The number of ether oxygens (including phenoxy) is 1. The van der Waals surface area contributed by atoms with Crippen LogP contribution in [0.15, 0.2) is 12.7 Å². The first-order chi connectivity index (χ1) is 7.13. The largest absolute Gasteiger partial charge is 0.480 e. The second kappa shape index (κ2) is 8.44. The summed E-state index contributed by atoms with van der Waals surface area (Å²) in [7, 11) is 1.56. The summed E-state index contributed by atoms with van der Waals surface area (Å²) < 4.78 is 4.97. The van der Waals surface area contributed by atoms with Gasteiger partial charge in [0.05, 0.1) is 6.61 Å². The summed E-state index contributed by atoms with van der Waals surface area (Å²) in [4.78, 5) is 10.7. The number of nitrogens with two attached hydrogens (primary N) is 1. The van der Waals surface area contributed by atoms with E-state index < -0.39 is 12.0 Å². The predicted molar refractivity (Wildman–Crippen MR) is 59.6 cm³/mol. The fourth-order valence-corrected chi connectivity index (χ4v) is 1.48. The lowest BCUT2D eigenvalue weighted by Crippen LogP contribution is -2.40. The van der Waals surface area contributed by atoms with Crippen LogP contribution in [0.1, 0.15) is 25.7 Å². The standard InChI is InChI=1S/C11H21NO3/c1-3-4-5-6-7-9(8-15-2)10(12)11(13)14/h3,9-10H,1,4-8,12H2,2H3,(H,13,14). The summed E-state index contributed by atoms with van der Waals surface area (Å²) in [5, 5.41) is 8.79. The van der Waals surface area contributed by atoms with E-state index in [0.717, 1.165) is 25.7 Å². The number of carboxylic acid groups (broad SMARTS) is 1. The van der Waals surface area contributed by atoms with Crippen molar-refractivity contribution in [2.75, 3.05) is 13.7 Å². The quantitative estimate of drug-likeness (QED) is 0.450. The highest BCUT2D eigenvalue weighted by Gasteiger charge is 2.23. The zero-order chi connectivity index (χ0) is 11.7. The third-order valence-corrected chi connectivity index (χ3v) is 2.41. The van der Waals surface area contributed by atoms with Gasteiger partial charge in [-0.1, -0.05) is 12.5 Å². The van der Waals surface area contributed by atoms with Gasteiger partial charge in [-0.15, -0.1) is 6.58 Å². The molecule has 0 rings (SSSR count). The minimum Gasteiger partial charge on any atom is -0.480 e. The van der Waals surface area contributed by atoms with Gasteiger partial charge in [-0.25, -0.2) is 0 Å². The van der Waals surface area contributed by atoms with Gasteiger partial charge in [0.1, 0.15) is 6.04 Å². The molecule has 0 saturated carbocycles. The summed E-state index contributed by atoms with van der Waals surface area (Å²) in [5.74, 6) is -1.06. The van der Waals surface area contributed by atoms with Crippen LogP contribution in [0.4, 0.5) is 0 Å². The molecule has 0 fully saturated rings. The number of rotatable bonds is 9. The molecule has 0 heterocycles. The number of hydrogen-bond donors (Lipinski definition) is 2. The van der Waals surface area contributed by atoms with Gasteiger partial charge in [-0.3, -0.25) is 4.79 Å². The van der Waals surface area contributed by atoms with Gasteiger partial charge in [0.15, 0.2) is 0 Å². The molecular formula is C11H21NO3. The number of allylic oxidation sites excluding steroid dienone is 1. The SMILES string of the molecule is C=CCCCCC(COC)C(N)C(=O)O. The molecule has 15 heavy (non-hydrogen) atoms. The van der Waals surface area contributed by atoms with Crippen LogP contribution in [-0.4, -0.2) is 30.8 Å². The zero-order valence-electron chi connectivity index (χ0n) is 9.32. The second-order valence-electron chi connectivity index (χ2n) is 3.65. The fourth-order valence-electron chi connectivity index (χ4n) is 1.48. The van der Waals surface area contributed by atoms with Crippen molar-refractivity contribution >= 4 is 5.97 Å². The molecule has 0 aliphatic carbocycles. The molecule has 4 nitrogen and oxygen atoms in total. The predicted octanol–water partition coefficient (Wildman–Crippen LogP) is 1.41. The van der Waals surface area contributed by atoms with Crippen molar-refractivity contribution in [3.63, 3.8) is 0 Å². The number of carboxylic acids is 1. The molecule has 0 spiro atoms. The summed E-state index contributed by atoms with van der Waals surface area (Å²) in [5.41, 5.74) is 5.56. The van der Waals surface area contributed by atoms with Gasteiger partial charge in [-0.05, 0) is 19.3 Å². The van der Waals surface area contributed by atoms with E-state index in [1.807, 2.05) is 6.08 Å². The first-order valence-corrected chi connectivity index (χ1v) is 5.21. The molecule has 4 heteroatoms. The molecule has 0 radical (unpaired) electrons. The number of methoxy groups -OCH3 is 1. The Morgan fingerprint density at radius 2 is 2.27 bits per heavy atom. The number of unbranched alkanes of at least 4 members (excludes halogenated alkanes) is 2. The van der Waals surface area contributed by atoms with Crippen LogP contribution in [0.5, 0.6) is 0 Å². The fraction of sp³-hybridized carbons (Fsp3) is 0.727. The average molecular weight is 215 g/mol. The maximum atomic E-state index is 10.7. The third kappa shape index (κ3) is 6.25. The minimum atomic E-state index is -0.958. The molecule has 3 N–H and O–H groups in total. The molecule has 0 aromatic rings. The Balaban J connectivity index is 3.92. The summed E-state index contributed by atoms with van der Waals surface area (Å²) in [6.45, 7) is 4.04. The van der Waals surface area contributed by atoms with Crippen LogP contribution >= 0.6 is 0 Å². The van der Waals surface area contributed by atoms with Crippen molar-refractivity contribution in [2.45, 2.75) is 31.7 Å². The van der Waals surface area contributed by atoms with E-state index in [1.54, 1.807) is 7.11 Å². The number of carbonyl (C=O) groups is 1. The third-order valence-electron chi connectivity index (χ3n) is 2.41. The van der Waals surface area contributed by atoms with Crippen molar-refractivity contribution in [3.8, 4) is 0 Å². The van der Waals surface area contributed by atoms with Crippen molar-refractivity contribution in [2.24, 2.45) is 11.7 Å². The second-order valence-corrected chi connectivity index (χ2v) is 3.65. The maximum Gasteiger partial charge on any atom is 0.320 e. The number of aliphatic carboxylic acids is 1. The molecule has 0 saturated heterocycles. The Bertz CT molecular complexity index is 194. The van der Waals surface area contributed by atoms with E-state index >= 15 is 0 Å². The highest BCUT2D eigenvalue weighted by Crippen LogP contribution is 2.13. The Hall–Kier alpha value is -0.870. The van der Waals surface area contributed by atoms with Gasteiger partial charge in [-0.2, -0.15) is 0 Å². The first-order valence-electron chi connectivity index (χ1n) is 5.21. The maximum absolute atomic E-state index is 10.7. The monoisotopic (exact) mass is 215 g/mol. The molecule has 0 aromatic heterocycles. The molecule has 0 bridgehead atoms. The van der Waals surface area contributed by atoms with E-state index in [2.05, 4.69) is 6.58 Å². The summed E-state index contributed by atoms with van der Waals surface area (Å²) in [6, 6.07) is -0.825. The summed E-state index contributed by atoms with van der Waals surface area (Å²) >= 11 is 0. The highest BCUT2D eigenvalue weighted by molar-refractivity contribution is 5.73. The van der Waals surface area contributed by atoms with Gasteiger partial charge in [0.2, 0.25) is 0 Å². The lowest BCUT2D eigenvalue weighted by Gasteiger charge is -2.19. The van der Waals surface area contributed by atoms with Crippen molar-refractivity contribution in [1.82, 2.24) is 0 Å². The van der Waals surface area contributed by atoms with Gasteiger partial charge >= 0.3 is 5.97 Å². The molecule has 88 valence electrons. The Kier molecular flexibility index (Phi) is 7.95. The van der Waals surface area contributed by atoms with E-state index in [9.17, 15) is 4.79 Å². The van der Waals surface area contributed by atoms with E-state index in [1.165, 1.54) is 0 Å². The van der Waals surface area contributed by atoms with Crippen molar-refractivity contribution in [3.05, 3.63) is 12.7 Å². The number of hydrogen-bond acceptors (Lipinski definition) is 3. The molecule has 0 amide bonds. The van der Waals surface area contributed by atoms with Gasteiger partial charge in [0, 0.05) is 13.0 Å². The van der Waals surface area contributed by atoms with Crippen LogP contribution in [0.25, 0.3) is 0 Å². The smallest absolute Gasteiger partial charge is 0.320 e. The van der Waals surface area contributed by atoms with Crippen LogP contribution in [-0.2, 0) is 9.53 Å². The van der Waals surface area contributed by atoms with Crippen LogP contribution < -0.4 is 5.73 Å². The zero-order valence-corrected chi connectivity index (χ0v) is 9.32. The summed E-state index contributed by atoms with van der Waals surface area (Å²) in [6.07, 6.45) is 5.59. The van der Waals surface area contributed by atoms with E-state index in [4.69, 9.17) is 15.6 Å². The Labute approximate surface area is 91.1 Å². The van der Waals surface area contributed by atoms with Crippen LogP contribution in [0.3, 0.4) is 0 Å². The van der Waals surface area contributed by atoms with Crippen molar-refractivity contribution < 1.29 is 14.6 Å². The van der Waals surface area contributed by atoms with Gasteiger partial charge < -0.3 is 15.6 Å². The molecular weight excluding hydrogens is 194 g/mol. The molecule has 2 atom stereocenters. The molecule has 2 unspecified atom stereocenters. The first kappa shape index (κ1) is 14.1. The lowest BCUT2D eigenvalue weighted by atomic mass is 9.94. The topological polar surface area (TPSA) is 72.5 Å². The lowest BCUT2D eigenvalue weighted by molar-refractivity contribution is -0.140. The van der Waals surface area contributed by atoms with E-state index in [0.29, 0.717) is 6.61 Å². The van der Waals surface area contributed by atoms with Crippen LogP contribution in [0.2, 0.25) is 0 Å². The molecule has 0 aromatic carbocycles. The molecule has 0 aliphatic heterocycles. The van der Waals surface area contributed by atoms with Crippen molar-refractivity contribution in [1.29, 1.82) is 0 Å². The van der Waals surface area contributed by atoms with Gasteiger partial charge in [0.25, 0.3) is 0 Å².